The number of hydrogen-bond acceptors (Lipinski definition) is 3. The van der Waals surface area contributed by atoms with Gasteiger partial charge in [-0.2, -0.15) is 0 Å². The third kappa shape index (κ3) is 3.32. The molecule has 0 aliphatic heterocycles. The van der Waals surface area contributed by atoms with Crippen LogP contribution in [-0.4, -0.2) is 10.9 Å². The van der Waals surface area contributed by atoms with Crippen molar-refractivity contribution in [3.05, 3.63) is 48.0 Å². The highest BCUT2D eigenvalue weighted by atomic mass is 16.3. The minimum Gasteiger partial charge on any atom is -0.436 e. The molecule has 0 aliphatic carbocycles. The maximum atomic E-state index is 11.8. The number of anilines is 1. The Morgan fingerprint density at radius 2 is 1.75 bits per heavy atom. The number of amides is 1. The molecule has 0 atom stereocenters. The largest absolute Gasteiger partial charge is 0.436 e. The van der Waals surface area contributed by atoms with Gasteiger partial charge in [0.05, 0.1) is 0 Å². The Kier molecular flexibility index (Phi) is 4.38. The quantitative estimate of drug-likeness (QED) is 0.717. The summed E-state index contributed by atoms with van der Waals surface area (Å²) in [5, 5.41) is 2.88. The van der Waals surface area contributed by atoms with Crippen molar-refractivity contribution in [2.45, 2.75) is 33.6 Å². The van der Waals surface area contributed by atoms with E-state index in [1.54, 1.807) is 0 Å². The van der Waals surface area contributed by atoms with Gasteiger partial charge in [-0.1, -0.05) is 39.8 Å². The lowest BCUT2D eigenvalue weighted by atomic mass is 10.0. The van der Waals surface area contributed by atoms with Gasteiger partial charge < -0.3 is 9.73 Å². The van der Waals surface area contributed by atoms with E-state index in [1.165, 1.54) is 5.56 Å². The van der Waals surface area contributed by atoms with Gasteiger partial charge in [-0.15, -0.1) is 0 Å². The molecule has 4 heteroatoms. The lowest BCUT2D eigenvalue weighted by Crippen LogP contribution is -2.17. The maximum Gasteiger partial charge on any atom is 0.227 e. The molecule has 4 nitrogen and oxygen atoms in total. The van der Waals surface area contributed by atoms with Gasteiger partial charge in [0.2, 0.25) is 11.8 Å². The topological polar surface area (TPSA) is 55.1 Å². The Morgan fingerprint density at radius 1 is 1.04 bits per heavy atom. The minimum atomic E-state index is -0.0620. The molecular weight excluding hydrogens is 300 g/mol. The number of nitrogens with one attached hydrogen (secondary N) is 1. The molecule has 0 unspecified atom stereocenters. The summed E-state index contributed by atoms with van der Waals surface area (Å²) in [4.78, 5) is 16.4. The summed E-state index contributed by atoms with van der Waals surface area (Å²) in [6, 6.07) is 13.8. The second-order valence-corrected chi connectivity index (χ2v) is 6.62. The molecule has 24 heavy (non-hydrogen) atoms. The molecule has 0 radical (unpaired) electrons. The normalized spacial score (nSPS) is 11.4. The van der Waals surface area contributed by atoms with Crippen LogP contribution in [0.25, 0.3) is 22.6 Å². The first-order chi connectivity index (χ1) is 11.4. The molecule has 2 aromatic carbocycles. The Hall–Kier alpha value is -2.62. The average Bonchev–Trinajstić information content (AvgIpc) is 2.98. The van der Waals surface area contributed by atoms with Crippen LogP contribution in [0.1, 0.15) is 39.2 Å². The van der Waals surface area contributed by atoms with E-state index in [2.05, 4.69) is 36.3 Å². The van der Waals surface area contributed by atoms with Crippen molar-refractivity contribution >= 4 is 22.7 Å². The predicted octanol–water partition coefficient (Wildman–Crippen LogP) is 5.21. The molecule has 0 bridgehead atoms. The first-order valence-corrected chi connectivity index (χ1v) is 8.26. The SMILES string of the molecule is CC(C)C(=O)Nc1ccc2oc(-c3ccc(C(C)C)cc3)nc2c1. The van der Waals surface area contributed by atoms with Crippen LogP contribution in [0.15, 0.2) is 46.9 Å². The van der Waals surface area contributed by atoms with E-state index < -0.39 is 0 Å². The molecule has 0 fully saturated rings. The van der Waals surface area contributed by atoms with Crippen LogP contribution in [0.3, 0.4) is 0 Å². The zero-order chi connectivity index (χ0) is 17.3. The molecule has 1 amide bonds. The van der Waals surface area contributed by atoms with Gasteiger partial charge in [0.15, 0.2) is 5.58 Å². The standard InChI is InChI=1S/C20H22N2O2/c1-12(2)14-5-7-15(8-6-14)20-22-17-11-16(9-10-18(17)24-20)21-19(23)13(3)4/h5-13H,1-4H3,(H,21,23). The predicted molar refractivity (Wildman–Crippen MR) is 97.0 cm³/mol. The van der Waals surface area contributed by atoms with Gasteiger partial charge >= 0.3 is 0 Å². The fourth-order valence-corrected chi connectivity index (χ4v) is 2.43. The Balaban J connectivity index is 1.89. The summed E-state index contributed by atoms with van der Waals surface area (Å²) < 4.78 is 5.84. The number of aromatic nitrogens is 1. The molecule has 3 aromatic rings. The number of carbonyl (C=O) groups excluding carboxylic acids is 1. The monoisotopic (exact) mass is 322 g/mol. The summed E-state index contributed by atoms with van der Waals surface area (Å²) >= 11 is 0. The Morgan fingerprint density at radius 3 is 2.38 bits per heavy atom. The maximum absolute atomic E-state index is 11.8. The number of benzene rings is 2. The van der Waals surface area contributed by atoms with Crippen molar-refractivity contribution in [1.29, 1.82) is 0 Å². The number of hydrogen-bond donors (Lipinski definition) is 1. The molecule has 1 heterocycles. The van der Waals surface area contributed by atoms with Gasteiger partial charge in [0, 0.05) is 17.2 Å². The number of rotatable bonds is 4. The van der Waals surface area contributed by atoms with Crippen LogP contribution in [-0.2, 0) is 4.79 Å². The molecule has 3 rings (SSSR count). The zero-order valence-corrected chi connectivity index (χ0v) is 14.5. The minimum absolute atomic E-state index is 0.0117. The summed E-state index contributed by atoms with van der Waals surface area (Å²) in [5.41, 5.74) is 4.41. The van der Waals surface area contributed by atoms with E-state index in [0.29, 0.717) is 17.4 Å². The second-order valence-electron chi connectivity index (χ2n) is 6.62. The molecule has 0 aliphatic rings. The molecule has 0 saturated carbocycles. The molecule has 0 saturated heterocycles. The molecule has 1 aromatic heterocycles. The van der Waals surface area contributed by atoms with E-state index >= 15 is 0 Å². The second kappa shape index (κ2) is 6.48. The van der Waals surface area contributed by atoms with Gasteiger partial charge in [-0.3, -0.25) is 4.79 Å². The number of oxazole rings is 1. The first kappa shape index (κ1) is 16.2. The highest BCUT2D eigenvalue weighted by Gasteiger charge is 2.11. The fourth-order valence-electron chi connectivity index (χ4n) is 2.43. The highest BCUT2D eigenvalue weighted by Crippen LogP contribution is 2.27. The summed E-state index contributed by atoms with van der Waals surface area (Å²) in [5.74, 6) is 1.01. The van der Waals surface area contributed by atoms with Gasteiger partial charge in [0.25, 0.3) is 0 Å². The summed E-state index contributed by atoms with van der Waals surface area (Å²) in [6.45, 7) is 8.06. The lowest BCUT2D eigenvalue weighted by molar-refractivity contribution is -0.118. The van der Waals surface area contributed by atoms with Crippen molar-refractivity contribution in [3.63, 3.8) is 0 Å². The molecule has 124 valence electrons. The lowest BCUT2D eigenvalue weighted by Gasteiger charge is -2.06. The van der Waals surface area contributed by atoms with Crippen LogP contribution < -0.4 is 5.32 Å². The van der Waals surface area contributed by atoms with Crippen LogP contribution >= 0.6 is 0 Å². The molecular formula is C20H22N2O2. The van der Waals surface area contributed by atoms with Gasteiger partial charge in [-0.05, 0) is 41.8 Å². The highest BCUT2D eigenvalue weighted by molar-refractivity contribution is 5.94. The van der Waals surface area contributed by atoms with Crippen molar-refractivity contribution in [1.82, 2.24) is 4.98 Å². The Bertz CT molecular complexity index is 861. The van der Waals surface area contributed by atoms with E-state index in [1.807, 2.05) is 44.2 Å². The van der Waals surface area contributed by atoms with Crippen LogP contribution in [0.2, 0.25) is 0 Å². The smallest absolute Gasteiger partial charge is 0.227 e. The molecule has 0 spiro atoms. The summed E-state index contributed by atoms with van der Waals surface area (Å²) in [7, 11) is 0. The average molecular weight is 322 g/mol. The van der Waals surface area contributed by atoms with Crippen molar-refractivity contribution in [2.24, 2.45) is 5.92 Å². The fraction of sp³-hybridized carbons (Fsp3) is 0.300. The van der Waals surface area contributed by atoms with E-state index in [-0.39, 0.29) is 11.8 Å². The van der Waals surface area contributed by atoms with Crippen LogP contribution in [0.5, 0.6) is 0 Å². The Labute approximate surface area is 141 Å². The van der Waals surface area contributed by atoms with Crippen molar-refractivity contribution in [2.75, 3.05) is 5.32 Å². The number of fused-ring (bicyclic) bond motifs is 1. The van der Waals surface area contributed by atoms with E-state index in [9.17, 15) is 4.79 Å². The van der Waals surface area contributed by atoms with Gasteiger partial charge in [0.1, 0.15) is 5.52 Å². The molecule has 1 N–H and O–H groups in total. The van der Waals surface area contributed by atoms with Crippen LogP contribution in [0.4, 0.5) is 5.69 Å². The van der Waals surface area contributed by atoms with Crippen LogP contribution in [0, 0.1) is 5.92 Å². The number of carbonyl (C=O) groups is 1. The van der Waals surface area contributed by atoms with Gasteiger partial charge in [-0.25, -0.2) is 4.98 Å². The number of nitrogens with zero attached hydrogens (tertiary/aromatic N) is 1. The summed E-state index contributed by atoms with van der Waals surface area (Å²) in [6.07, 6.45) is 0. The third-order valence-electron chi connectivity index (χ3n) is 4.00. The third-order valence-corrected chi connectivity index (χ3v) is 4.00. The van der Waals surface area contributed by atoms with E-state index in [4.69, 9.17) is 4.42 Å². The zero-order valence-electron chi connectivity index (χ0n) is 14.5. The van der Waals surface area contributed by atoms with E-state index in [0.717, 1.165) is 16.8 Å². The van der Waals surface area contributed by atoms with Crippen molar-refractivity contribution < 1.29 is 9.21 Å². The first-order valence-electron chi connectivity index (χ1n) is 8.26. The van der Waals surface area contributed by atoms with Crippen molar-refractivity contribution in [3.8, 4) is 11.5 Å².